The second-order valence-electron chi connectivity index (χ2n) is 9.04. The first-order valence-corrected chi connectivity index (χ1v) is 13.3. The second kappa shape index (κ2) is 11.8. The lowest BCUT2D eigenvalue weighted by molar-refractivity contribution is -0.274. The number of ether oxygens (including phenoxy) is 1. The number of aliphatic hydroxyl groups excluding tert-OH is 1. The Labute approximate surface area is 200 Å². The van der Waals surface area contributed by atoms with Gasteiger partial charge in [0.05, 0.1) is 10.5 Å². The van der Waals surface area contributed by atoms with Gasteiger partial charge in [0.1, 0.15) is 5.75 Å². The van der Waals surface area contributed by atoms with E-state index < -0.39 is 22.1 Å². The van der Waals surface area contributed by atoms with Crippen LogP contribution in [0, 0.1) is 17.8 Å². The van der Waals surface area contributed by atoms with Crippen LogP contribution in [0.25, 0.3) is 0 Å². The van der Waals surface area contributed by atoms with Crippen LogP contribution in [0.5, 0.6) is 5.75 Å². The molecule has 0 bridgehead atoms. The predicted octanol–water partition coefficient (Wildman–Crippen LogP) is 3.98. The molecule has 2 saturated heterocycles. The number of hydrogen-bond acceptors (Lipinski definition) is 5. The van der Waals surface area contributed by atoms with Gasteiger partial charge in [0.2, 0.25) is 10.0 Å². The first kappa shape index (κ1) is 26.8. The molecule has 0 spiro atoms. The van der Waals surface area contributed by atoms with Crippen LogP contribution in [-0.2, 0) is 10.0 Å². The van der Waals surface area contributed by atoms with Crippen LogP contribution < -0.4 is 4.74 Å². The lowest BCUT2D eigenvalue weighted by Crippen LogP contribution is -2.48. The molecule has 10 heteroatoms. The SMILES string of the molecule is CC1CCN(C2CCN(S(=O)(=O)c3ccc(OC(F)(F)F)c(C#CCCCCO)c3)CC2)CC1. The van der Waals surface area contributed by atoms with E-state index in [0.717, 1.165) is 62.9 Å². The summed E-state index contributed by atoms with van der Waals surface area (Å²) < 4.78 is 70.4. The number of alkyl halides is 3. The first-order valence-electron chi connectivity index (χ1n) is 11.8. The third-order valence-electron chi connectivity index (χ3n) is 6.51. The van der Waals surface area contributed by atoms with E-state index >= 15 is 0 Å². The zero-order chi connectivity index (χ0) is 24.8. The van der Waals surface area contributed by atoms with Gasteiger partial charge in [0, 0.05) is 32.2 Å². The number of aliphatic hydroxyl groups is 1. The largest absolute Gasteiger partial charge is 0.573 e. The van der Waals surface area contributed by atoms with Gasteiger partial charge in [-0.2, -0.15) is 4.31 Å². The highest BCUT2D eigenvalue weighted by Gasteiger charge is 2.35. The number of likely N-dealkylation sites (tertiary alicyclic amines) is 1. The van der Waals surface area contributed by atoms with Crippen molar-refractivity contribution < 1.29 is 31.4 Å². The van der Waals surface area contributed by atoms with E-state index in [4.69, 9.17) is 5.11 Å². The second-order valence-corrected chi connectivity index (χ2v) is 11.0. The van der Waals surface area contributed by atoms with Crippen molar-refractivity contribution in [3.05, 3.63) is 23.8 Å². The van der Waals surface area contributed by atoms with Gasteiger partial charge in [-0.25, -0.2) is 8.42 Å². The van der Waals surface area contributed by atoms with Crippen molar-refractivity contribution in [2.75, 3.05) is 32.8 Å². The van der Waals surface area contributed by atoms with Gasteiger partial charge in [-0.1, -0.05) is 18.8 Å². The van der Waals surface area contributed by atoms with E-state index in [1.165, 1.54) is 4.31 Å². The molecule has 2 heterocycles. The van der Waals surface area contributed by atoms with Crippen molar-refractivity contribution in [3.63, 3.8) is 0 Å². The average Bonchev–Trinajstić information content (AvgIpc) is 2.79. The normalized spacial score (nSPS) is 19.6. The highest BCUT2D eigenvalue weighted by Crippen LogP contribution is 2.31. The third-order valence-corrected chi connectivity index (χ3v) is 8.40. The van der Waals surface area contributed by atoms with Crippen molar-refractivity contribution in [1.82, 2.24) is 9.21 Å². The molecule has 190 valence electrons. The molecular formula is C24H33F3N2O4S. The lowest BCUT2D eigenvalue weighted by Gasteiger charge is -2.41. The summed E-state index contributed by atoms with van der Waals surface area (Å²) in [4.78, 5) is 2.37. The van der Waals surface area contributed by atoms with Crippen molar-refractivity contribution in [3.8, 4) is 17.6 Å². The van der Waals surface area contributed by atoms with Crippen molar-refractivity contribution in [2.24, 2.45) is 5.92 Å². The molecule has 1 aromatic rings. The Bertz CT molecular complexity index is 972. The Kier molecular flexibility index (Phi) is 9.27. The predicted molar refractivity (Wildman–Crippen MR) is 123 cm³/mol. The molecule has 34 heavy (non-hydrogen) atoms. The fourth-order valence-electron chi connectivity index (χ4n) is 4.45. The van der Waals surface area contributed by atoms with E-state index in [1.807, 2.05) is 0 Å². The molecule has 2 aliphatic rings. The van der Waals surface area contributed by atoms with E-state index in [1.54, 1.807) is 0 Å². The van der Waals surface area contributed by atoms with Gasteiger partial charge in [0.15, 0.2) is 0 Å². The summed E-state index contributed by atoms with van der Waals surface area (Å²) in [6.45, 7) is 5.10. The number of piperidine rings is 2. The summed E-state index contributed by atoms with van der Waals surface area (Å²) in [5, 5.41) is 8.84. The van der Waals surface area contributed by atoms with Gasteiger partial charge < -0.3 is 14.7 Å². The van der Waals surface area contributed by atoms with E-state index in [0.29, 0.717) is 38.4 Å². The molecular weight excluding hydrogens is 469 g/mol. The summed E-state index contributed by atoms with van der Waals surface area (Å²) in [6.07, 6.45) is 0.362. The van der Waals surface area contributed by atoms with Gasteiger partial charge >= 0.3 is 6.36 Å². The van der Waals surface area contributed by atoms with Gasteiger partial charge in [-0.3, -0.25) is 0 Å². The molecule has 3 rings (SSSR count). The van der Waals surface area contributed by atoms with Crippen LogP contribution in [-0.4, -0.2) is 67.9 Å². The summed E-state index contributed by atoms with van der Waals surface area (Å²) in [5.41, 5.74) is -0.125. The maximum absolute atomic E-state index is 13.3. The Morgan fingerprint density at radius 3 is 2.38 bits per heavy atom. The first-order chi connectivity index (χ1) is 16.1. The number of hydrogen-bond donors (Lipinski definition) is 1. The Morgan fingerprint density at radius 2 is 1.76 bits per heavy atom. The number of benzene rings is 1. The monoisotopic (exact) mass is 502 g/mol. The van der Waals surface area contributed by atoms with Gasteiger partial charge in [-0.05, 0) is 75.7 Å². The maximum atomic E-state index is 13.3. The van der Waals surface area contributed by atoms with E-state index in [-0.39, 0.29) is 17.1 Å². The minimum Gasteiger partial charge on any atom is -0.404 e. The molecule has 1 aromatic carbocycles. The smallest absolute Gasteiger partial charge is 0.404 e. The molecule has 0 radical (unpaired) electrons. The Morgan fingerprint density at radius 1 is 1.09 bits per heavy atom. The number of nitrogens with zero attached hydrogens (tertiary/aromatic N) is 2. The minimum absolute atomic E-state index is 0.00537. The van der Waals surface area contributed by atoms with Crippen molar-refractivity contribution in [2.45, 2.75) is 69.2 Å². The Balaban J connectivity index is 1.73. The van der Waals surface area contributed by atoms with Crippen LogP contribution >= 0.6 is 0 Å². The fraction of sp³-hybridized carbons (Fsp3) is 0.667. The van der Waals surface area contributed by atoms with Crippen LogP contribution in [0.2, 0.25) is 0 Å². The van der Waals surface area contributed by atoms with Crippen molar-refractivity contribution >= 4 is 10.0 Å². The molecule has 0 unspecified atom stereocenters. The summed E-state index contributed by atoms with van der Waals surface area (Å²) >= 11 is 0. The molecule has 0 atom stereocenters. The highest BCUT2D eigenvalue weighted by atomic mass is 32.2. The van der Waals surface area contributed by atoms with Gasteiger partial charge in [-0.15, -0.1) is 13.2 Å². The molecule has 0 aliphatic carbocycles. The average molecular weight is 503 g/mol. The van der Waals surface area contributed by atoms with Gasteiger partial charge in [0.25, 0.3) is 0 Å². The number of unbranched alkanes of at least 4 members (excludes halogenated alkanes) is 2. The molecule has 2 aliphatic heterocycles. The number of halogens is 3. The summed E-state index contributed by atoms with van der Waals surface area (Å²) in [5.74, 6) is 5.56. The molecule has 2 fully saturated rings. The molecule has 6 nitrogen and oxygen atoms in total. The quantitative estimate of drug-likeness (QED) is 0.451. The topological polar surface area (TPSA) is 70.1 Å². The number of rotatable bonds is 7. The molecule has 0 saturated carbocycles. The maximum Gasteiger partial charge on any atom is 0.573 e. The minimum atomic E-state index is -4.91. The Hall–Kier alpha value is -1.80. The molecule has 1 N–H and O–H groups in total. The van der Waals surface area contributed by atoms with Crippen LogP contribution in [0.15, 0.2) is 23.1 Å². The van der Waals surface area contributed by atoms with E-state index in [2.05, 4.69) is 28.4 Å². The standard InChI is InChI=1S/C24H33F3N2O4S/c1-19-9-13-28(14-10-19)21-11-15-29(16-12-21)34(31,32)22-7-8-23(33-24(25,26)27)20(18-22)6-4-2-3-5-17-30/h7-8,18-19,21,30H,2-3,5,9-17H2,1H3. The van der Waals surface area contributed by atoms with Crippen molar-refractivity contribution in [1.29, 1.82) is 0 Å². The van der Waals surface area contributed by atoms with Crippen LogP contribution in [0.4, 0.5) is 13.2 Å². The van der Waals surface area contributed by atoms with E-state index in [9.17, 15) is 21.6 Å². The fourth-order valence-corrected chi connectivity index (χ4v) is 5.95. The highest BCUT2D eigenvalue weighted by molar-refractivity contribution is 7.89. The third kappa shape index (κ3) is 7.35. The molecule has 0 amide bonds. The lowest BCUT2D eigenvalue weighted by atomic mass is 9.95. The summed E-state index contributed by atoms with van der Waals surface area (Å²) in [7, 11) is -3.87. The zero-order valence-corrected chi connectivity index (χ0v) is 20.3. The van der Waals surface area contributed by atoms with Crippen LogP contribution in [0.1, 0.15) is 57.4 Å². The number of sulfonamides is 1. The molecule has 0 aromatic heterocycles. The summed E-state index contributed by atoms with van der Waals surface area (Å²) in [6, 6.07) is 3.68. The zero-order valence-electron chi connectivity index (χ0n) is 19.5. The van der Waals surface area contributed by atoms with Crippen LogP contribution in [0.3, 0.4) is 0 Å².